The lowest BCUT2D eigenvalue weighted by atomic mass is 10.4. The molecular weight excluding hydrogens is 120 g/mol. The molecule has 0 atom stereocenters. The van der Waals surface area contributed by atoms with E-state index in [9.17, 15) is 0 Å². The maximum atomic E-state index is 3.95. The Labute approximate surface area is 50.7 Å². The van der Waals surface area contributed by atoms with Crippen LogP contribution in [0.15, 0.2) is 18.6 Å². The Morgan fingerprint density at radius 3 is 3.38 bits per heavy atom. The molecule has 0 spiro atoms. The first kappa shape index (κ1) is 4.09. The molecule has 2 rings (SSSR count). The lowest BCUT2D eigenvalue weighted by molar-refractivity contribution is 1.42. The van der Waals surface area contributed by atoms with Crippen LogP contribution in [0.25, 0.3) is 10.4 Å². The van der Waals surface area contributed by atoms with Gasteiger partial charge in [-0.25, -0.2) is 0 Å². The molecule has 0 saturated heterocycles. The van der Waals surface area contributed by atoms with Crippen LogP contribution in [0.1, 0.15) is 0 Å². The predicted molar refractivity (Wildman–Crippen MR) is 33.1 cm³/mol. The Kier molecular flexibility index (Phi) is 0.676. The highest BCUT2D eigenvalue weighted by Gasteiger charge is 2.00. The van der Waals surface area contributed by atoms with Crippen LogP contribution in [0, 0.1) is 0 Å². The Morgan fingerprint density at radius 2 is 2.50 bits per heavy atom. The molecule has 0 radical (unpaired) electrons. The number of aromatic amines is 1. The van der Waals surface area contributed by atoms with Crippen LogP contribution in [0.2, 0.25) is 0 Å². The summed E-state index contributed by atoms with van der Waals surface area (Å²) < 4.78 is 3.02. The largest absolute Gasteiger partial charge is 0.317 e. The second-order valence-electron chi connectivity index (χ2n) is 1.59. The summed E-state index contributed by atoms with van der Waals surface area (Å²) in [7, 11) is 0. The Morgan fingerprint density at radius 1 is 1.50 bits per heavy atom. The molecule has 0 aromatic rings. The van der Waals surface area contributed by atoms with Crippen molar-refractivity contribution >= 4 is 11.5 Å². The first-order valence-corrected chi connectivity index (χ1v) is 3.15. The summed E-state index contributed by atoms with van der Waals surface area (Å²) in [6.07, 6.45) is 5.66. The van der Waals surface area contributed by atoms with E-state index in [1.54, 1.807) is 11.5 Å². The number of hydrogen-bond acceptors (Lipinski definition) is 2. The molecule has 2 aliphatic rings. The van der Waals surface area contributed by atoms with Gasteiger partial charge in [-0.1, -0.05) is 11.5 Å². The number of nitrogens with one attached hydrogen (secondary N) is 1. The highest BCUT2D eigenvalue weighted by molar-refractivity contribution is 7.09. The van der Waals surface area contributed by atoms with Crippen molar-refractivity contribution in [2.75, 3.05) is 0 Å². The Balaban J connectivity index is 2.84. The van der Waals surface area contributed by atoms with Crippen molar-refractivity contribution in [1.29, 1.82) is 0 Å². The average molecular weight is 124 g/mol. The topological polar surface area (TPSA) is 28.7 Å². The molecule has 40 valence electrons. The van der Waals surface area contributed by atoms with Gasteiger partial charge in [-0.3, -0.25) is 4.98 Å². The van der Waals surface area contributed by atoms with Crippen molar-refractivity contribution in [3.63, 3.8) is 0 Å². The monoisotopic (exact) mass is 124 g/mol. The molecule has 0 aromatic carbocycles. The van der Waals surface area contributed by atoms with Crippen molar-refractivity contribution < 1.29 is 0 Å². The molecule has 1 N–H and O–H groups in total. The first-order valence-electron chi connectivity index (χ1n) is 2.33. The van der Waals surface area contributed by atoms with Crippen LogP contribution < -0.4 is 0 Å². The van der Waals surface area contributed by atoms with Crippen molar-refractivity contribution in [2.24, 2.45) is 0 Å². The maximum Gasteiger partial charge on any atom is 0.0726 e. The van der Waals surface area contributed by atoms with Crippen molar-refractivity contribution in [3.8, 4) is 10.4 Å². The molecule has 0 amide bonds. The Bertz CT molecular complexity index is 202. The van der Waals surface area contributed by atoms with Gasteiger partial charge in [-0.05, 0) is 0 Å². The zero-order valence-corrected chi connectivity index (χ0v) is 4.90. The summed E-state index contributed by atoms with van der Waals surface area (Å²) in [4.78, 5) is 5.18. The van der Waals surface area contributed by atoms with Crippen molar-refractivity contribution in [3.05, 3.63) is 18.6 Å². The molecule has 0 fully saturated rings. The van der Waals surface area contributed by atoms with E-state index in [0.717, 1.165) is 0 Å². The smallest absolute Gasteiger partial charge is 0.0726 e. The van der Waals surface area contributed by atoms with E-state index in [1.165, 1.54) is 10.4 Å². The number of fused-ring (bicyclic) bond motifs is 1. The molecular formula is C5H4N2S. The molecule has 3 heteroatoms. The fourth-order valence-electron chi connectivity index (χ4n) is 0.674. The molecule has 0 unspecified atom stereocenters. The van der Waals surface area contributed by atoms with E-state index < -0.39 is 0 Å². The summed E-state index contributed by atoms with van der Waals surface area (Å²) in [6, 6.07) is 0. The van der Waals surface area contributed by atoms with E-state index in [4.69, 9.17) is 0 Å². The van der Waals surface area contributed by atoms with Crippen LogP contribution in [0.5, 0.6) is 0 Å². The fourth-order valence-corrected chi connectivity index (χ4v) is 1.33. The number of H-pyrrole nitrogens is 1. The lowest BCUT2D eigenvalue weighted by Gasteiger charge is -1.72. The van der Waals surface area contributed by atoms with Crippen LogP contribution in [-0.4, -0.2) is 9.36 Å². The zero-order chi connectivity index (χ0) is 5.40. The molecule has 2 heterocycles. The van der Waals surface area contributed by atoms with E-state index in [1.807, 2.05) is 18.6 Å². The second kappa shape index (κ2) is 1.32. The molecule has 0 aliphatic carbocycles. The zero-order valence-electron chi connectivity index (χ0n) is 4.09. The summed E-state index contributed by atoms with van der Waals surface area (Å²) in [5, 5.41) is 0. The average Bonchev–Trinajstić information content (AvgIpc) is 2.15. The van der Waals surface area contributed by atoms with Crippen molar-refractivity contribution in [1.82, 2.24) is 9.36 Å². The summed E-state index contributed by atoms with van der Waals surface area (Å²) in [5.74, 6) is 0. The van der Waals surface area contributed by atoms with Gasteiger partial charge >= 0.3 is 0 Å². The van der Waals surface area contributed by atoms with Gasteiger partial charge in [0.2, 0.25) is 0 Å². The molecule has 0 bridgehead atoms. The van der Waals surface area contributed by atoms with E-state index in [0.29, 0.717) is 0 Å². The SMILES string of the molecule is c1ncc2s[nH]cc1-2. The molecule has 0 saturated carbocycles. The molecule has 2 aliphatic heterocycles. The third kappa shape index (κ3) is 0.391. The standard InChI is InChI=1S/C5H4N2S/c1-4-2-7-8-5(4)3-6-1/h1-3,7H. The minimum atomic E-state index is 1.20. The van der Waals surface area contributed by atoms with Gasteiger partial charge in [0.05, 0.1) is 4.88 Å². The summed E-state index contributed by atoms with van der Waals surface area (Å²) in [5.41, 5.74) is 1.20. The third-order valence-corrected chi connectivity index (χ3v) is 1.87. The van der Waals surface area contributed by atoms with Gasteiger partial charge in [0.1, 0.15) is 0 Å². The number of aromatic nitrogens is 2. The van der Waals surface area contributed by atoms with Crippen LogP contribution in [0.3, 0.4) is 0 Å². The van der Waals surface area contributed by atoms with Crippen LogP contribution in [0.4, 0.5) is 0 Å². The van der Waals surface area contributed by atoms with Gasteiger partial charge in [-0.2, -0.15) is 0 Å². The summed E-state index contributed by atoms with van der Waals surface area (Å²) in [6.45, 7) is 0. The van der Waals surface area contributed by atoms with Gasteiger partial charge in [0.25, 0.3) is 0 Å². The van der Waals surface area contributed by atoms with Crippen LogP contribution in [-0.2, 0) is 0 Å². The van der Waals surface area contributed by atoms with Gasteiger partial charge < -0.3 is 4.37 Å². The van der Waals surface area contributed by atoms with Gasteiger partial charge in [0.15, 0.2) is 0 Å². The van der Waals surface area contributed by atoms with Gasteiger partial charge in [0, 0.05) is 24.2 Å². The van der Waals surface area contributed by atoms with E-state index >= 15 is 0 Å². The second-order valence-corrected chi connectivity index (χ2v) is 2.47. The molecule has 0 aromatic heterocycles. The van der Waals surface area contributed by atoms with E-state index in [2.05, 4.69) is 9.36 Å². The number of hydrogen-bond donors (Lipinski definition) is 1. The van der Waals surface area contributed by atoms with Gasteiger partial charge in [-0.15, -0.1) is 0 Å². The Hall–Kier alpha value is -0.830. The first-order chi connectivity index (χ1) is 3.97. The molecule has 2 nitrogen and oxygen atoms in total. The maximum absolute atomic E-state index is 3.95. The minimum Gasteiger partial charge on any atom is -0.317 e. The highest BCUT2D eigenvalue weighted by Crippen LogP contribution is 2.23. The third-order valence-electron chi connectivity index (χ3n) is 1.07. The minimum absolute atomic E-state index is 1.20. The quantitative estimate of drug-likeness (QED) is 0.567. The number of rotatable bonds is 0. The normalized spacial score (nSPS) is 10.5. The highest BCUT2D eigenvalue weighted by atomic mass is 32.1. The van der Waals surface area contributed by atoms with Crippen LogP contribution >= 0.6 is 11.5 Å². The predicted octanol–water partition coefficient (Wildman–Crippen LogP) is 1.58. The lowest BCUT2D eigenvalue weighted by Crippen LogP contribution is -1.51. The molecule has 8 heavy (non-hydrogen) atoms. The summed E-state index contributed by atoms with van der Waals surface area (Å²) >= 11 is 1.61. The van der Waals surface area contributed by atoms with Crippen molar-refractivity contribution in [2.45, 2.75) is 0 Å². The fraction of sp³-hybridized carbons (Fsp3) is 0. The van der Waals surface area contributed by atoms with E-state index in [-0.39, 0.29) is 0 Å². The number of nitrogens with zero attached hydrogens (tertiary/aromatic N) is 1.